The maximum absolute atomic E-state index is 9.23. The first-order chi connectivity index (χ1) is 6.74. The topological polar surface area (TPSA) is 32.7 Å². The standard InChI is InChI=1S/C10H18N2O2/c1-14-10(13)2-6-12-7-3-11(4-8-12)5-9-12/h2H,3-9H2,1H3/p+1/b10-2-. The third-order valence-electron chi connectivity index (χ3n) is 3.53. The molecule has 0 atom stereocenters. The minimum absolute atomic E-state index is 0.0607. The molecule has 0 aromatic carbocycles. The van der Waals surface area contributed by atoms with Crippen molar-refractivity contribution in [2.24, 2.45) is 0 Å². The quantitative estimate of drug-likeness (QED) is 0.520. The van der Waals surface area contributed by atoms with Crippen molar-refractivity contribution < 1.29 is 14.3 Å². The van der Waals surface area contributed by atoms with Crippen molar-refractivity contribution in [1.29, 1.82) is 0 Å². The number of aliphatic hydroxyl groups excluding tert-OH is 1. The summed E-state index contributed by atoms with van der Waals surface area (Å²) in [6, 6.07) is 0. The van der Waals surface area contributed by atoms with E-state index in [9.17, 15) is 5.11 Å². The molecule has 3 rings (SSSR count). The molecule has 3 aliphatic heterocycles. The van der Waals surface area contributed by atoms with Crippen molar-refractivity contribution in [3.63, 3.8) is 0 Å². The Labute approximate surface area is 85.0 Å². The molecule has 0 aromatic rings. The lowest BCUT2D eigenvalue weighted by atomic mass is 10.1. The molecule has 4 nitrogen and oxygen atoms in total. The van der Waals surface area contributed by atoms with E-state index in [4.69, 9.17) is 4.74 Å². The average Bonchev–Trinajstić information content (AvgIpc) is 2.28. The number of piperazine rings is 3. The fourth-order valence-corrected chi connectivity index (χ4v) is 2.36. The van der Waals surface area contributed by atoms with Crippen LogP contribution in [0.25, 0.3) is 0 Å². The molecule has 0 unspecified atom stereocenters. The summed E-state index contributed by atoms with van der Waals surface area (Å²) >= 11 is 0. The van der Waals surface area contributed by atoms with E-state index in [2.05, 4.69) is 4.90 Å². The van der Waals surface area contributed by atoms with Crippen LogP contribution in [-0.4, -0.2) is 67.4 Å². The second kappa shape index (κ2) is 3.79. The summed E-state index contributed by atoms with van der Waals surface area (Å²) in [6.07, 6.45) is 1.81. The van der Waals surface area contributed by atoms with Gasteiger partial charge in [0.1, 0.15) is 6.54 Å². The second-order valence-electron chi connectivity index (χ2n) is 4.28. The summed E-state index contributed by atoms with van der Waals surface area (Å²) in [6.45, 7) is 8.19. The van der Waals surface area contributed by atoms with Crippen LogP contribution in [0.4, 0.5) is 0 Å². The maximum Gasteiger partial charge on any atom is 0.277 e. The summed E-state index contributed by atoms with van der Waals surface area (Å²) in [5.74, 6) is 0.0607. The zero-order valence-electron chi connectivity index (χ0n) is 8.78. The number of methoxy groups -OCH3 is 1. The van der Waals surface area contributed by atoms with E-state index in [0.29, 0.717) is 0 Å². The van der Waals surface area contributed by atoms with Gasteiger partial charge in [0.2, 0.25) is 0 Å². The highest BCUT2D eigenvalue weighted by Gasteiger charge is 2.37. The Morgan fingerprint density at radius 3 is 2.43 bits per heavy atom. The molecule has 14 heavy (non-hydrogen) atoms. The molecule has 1 N–H and O–H groups in total. The van der Waals surface area contributed by atoms with Gasteiger partial charge in [0.05, 0.1) is 32.8 Å². The molecule has 0 spiro atoms. The summed E-state index contributed by atoms with van der Waals surface area (Å²) < 4.78 is 5.87. The van der Waals surface area contributed by atoms with Gasteiger partial charge in [-0.1, -0.05) is 0 Å². The molecule has 3 aliphatic rings. The first-order valence-corrected chi connectivity index (χ1v) is 5.25. The normalized spacial score (nSPS) is 37.2. The Hall–Kier alpha value is -0.740. The zero-order valence-corrected chi connectivity index (χ0v) is 8.78. The van der Waals surface area contributed by atoms with Crippen LogP contribution in [-0.2, 0) is 4.74 Å². The van der Waals surface area contributed by atoms with E-state index in [-0.39, 0.29) is 5.95 Å². The summed E-state index contributed by atoms with van der Waals surface area (Å²) in [5.41, 5.74) is 0. The van der Waals surface area contributed by atoms with Gasteiger partial charge in [0.25, 0.3) is 5.95 Å². The van der Waals surface area contributed by atoms with Gasteiger partial charge in [-0.2, -0.15) is 0 Å². The zero-order chi connectivity index (χ0) is 10.0. The lowest BCUT2D eigenvalue weighted by Gasteiger charge is -2.50. The minimum atomic E-state index is 0.0607. The number of nitrogens with zero attached hydrogens (tertiary/aromatic N) is 2. The molecule has 0 aliphatic carbocycles. The van der Waals surface area contributed by atoms with Crippen molar-refractivity contribution >= 4 is 0 Å². The number of aliphatic hydroxyl groups is 1. The van der Waals surface area contributed by atoms with E-state index in [1.54, 1.807) is 6.08 Å². The molecule has 4 heteroatoms. The van der Waals surface area contributed by atoms with E-state index in [0.717, 1.165) is 11.0 Å². The molecule has 3 saturated heterocycles. The predicted molar refractivity (Wildman–Crippen MR) is 53.9 cm³/mol. The number of ether oxygens (including phenoxy) is 1. The molecule has 0 saturated carbocycles. The molecule has 0 aromatic heterocycles. The van der Waals surface area contributed by atoms with Crippen LogP contribution in [0.1, 0.15) is 0 Å². The van der Waals surface area contributed by atoms with Gasteiger partial charge >= 0.3 is 0 Å². The summed E-state index contributed by atoms with van der Waals surface area (Å²) in [4.78, 5) is 2.51. The minimum Gasteiger partial charge on any atom is -0.481 e. The largest absolute Gasteiger partial charge is 0.481 e. The molecule has 3 fully saturated rings. The summed E-state index contributed by atoms with van der Waals surface area (Å²) in [7, 11) is 1.50. The van der Waals surface area contributed by atoms with E-state index in [1.807, 2.05) is 0 Å². The molecule has 0 radical (unpaired) electrons. The van der Waals surface area contributed by atoms with Gasteiger partial charge < -0.3 is 14.3 Å². The number of fused-ring (bicyclic) bond motifs is 3. The highest BCUT2D eigenvalue weighted by molar-refractivity contribution is 4.83. The number of rotatable bonds is 3. The molecular weight excluding hydrogens is 180 g/mol. The fraction of sp³-hybridized carbons (Fsp3) is 0.800. The SMILES string of the molecule is CO/C(O)=C\C[N+]12CCN(CC1)CC2. The lowest BCUT2D eigenvalue weighted by Crippen LogP contribution is -2.67. The van der Waals surface area contributed by atoms with Crippen molar-refractivity contribution in [2.75, 3.05) is 52.9 Å². The average molecular weight is 199 g/mol. The highest BCUT2D eigenvalue weighted by Crippen LogP contribution is 2.19. The van der Waals surface area contributed by atoms with Crippen LogP contribution in [0.5, 0.6) is 0 Å². The Kier molecular flexibility index (Phi) is 2.65. The number of hydrogen-bond donors (Lipinski definition) is 1. The molecule has 80 valence electrons. The maximum atomic E-state index is 9.23. The first-order valence-electron chi connectivity index (χ1n) is 5.25. The fourth-order valence-electron chi connectivity index (χ4n) is 2.36. The molecule has 0 amide bonds. The van der Waals surface area contributed by atoms with Gasteiger partial charge in [0.15, 0.2) is 0 Å². The molecule has 2 bridgehead atoms. The Bertz CT molecular complexity index is 219. The van der Waals surface area contributed by atoms with Gasteiger partial charge in [-0.15, -0.1) is 0 Å². The molecule has 3 heterocycles. The van der Waals surface area contributed by atoms with Crippen molar-refractivity contribution in [3.05, 3.63) is 12.0 Å². The van der Waals surface area contributed by atoms with Crippen LogP contribution < -0.4 is 0 Å². The van der Waals surface area contributed by atoms with Gasteiger partial charge in [-0.3, -0.25) is 4.90 Å². The van der Waals surface area contributed by atoms with E-state index < -0.39 is 0 Å². The van der Waals surface area contributed by atoms with Crippen LogP contribution in [0.2, 0.25) is 0 Å². The van der Waals surface area contributed by atoms with Gasteiger partial charge in [-0.25, -0.2) is 0 Å². The van der Waals surface area contributed by atoms with E-state index in [1.165, 1.54) is 46.4 Å². The molecular formula is C10H19N2O2+. The highest BCUT2D eigenvalue weighted by atomic mass is 16.6. The van der Waals surface area contributed by atoms with E-state index >= 15 is 0 Å². The first kappa shape index (κ1) is 9.80. The monoisotopic (exact) mass is 199 g/mol. The predicted octanol–water partition coefficient (Wildman–Crippen LogP) is 0.178. The van der Waals surface area contributed by atoms with Gasteiger partial charge in [0, 0.05) is 19.6 Å². The summed E-state index contributed by atoms with van der Waals surface area (Å²) in [5, 5.41) is 9.23. The van der Waals surface area contributed by atoms with Crippen LogP contribution in [0.15, 0.2) is 12.0 Å². The number of quaternary nitrogens is 1. The van der Waals surface area contributed by atoms with Crippen LogP contribution in [0, 0.1) is 0 Å². The lowest BCUT2D eigenvalue weighted by molar-refractivity contribution is -0.935. The Balaban J connectivity index is 1.95. The Morgan fingerprint density at radius 1 is 1.36 bits per heavy atom. The Morgan fingerprint density at radius 2 is 1.93 bits per heavy atom. The van der Waals surface area contributed by atoms with Crippen LogP contribution in [0.3, 0.4) is 0 Å². The van der Waals surface area contributed by atoms with Crippen LogP contribution >= 0.6 is 0 Å². The van der Waals surface area contributed by atoms with Crippen molar-refractivity contribution in [3.8, 4) is 0 Å². The smallest absolute Gasteiger partial charge is 0.277 e. The van der Waals surface area contributed by atoms with Gasteiger partial charge in [-0.05, 0) is 0 Å². The number of hydrogen-bond acceptors (Lipinski definition) is 3. The third-order valence-corrected chi connectivity index (χ3v) is 3.53. The second-order valence-corrected chi connectivity index (χ2v) is 4.28. The van der Waals surface area contributed by atoms with Crippen molar-refractivity contribution in [1.82, 2.24) is 4.90 Å². The third kappa shape index (κ3) is 1.86. The van der Waals surface area contributed by atoms with Crippen molar-refractivity contribution in [2.45, 2.75) is 0 Å².